The highest BCUT2D eigenvalue weighted by molar-refractivity contribution is 5.81. The van der Waals surface area contributed by atoms with Gasteiger partial charge in [-0.2, -0.15) is 0 Å². The van der Waals surface area contributed by atoms with Crippen LogP contribution in [0.1, 0.15) is 39.0 Å². The van der Waals surface area contributed by atoms with E-state index in [1.807, 2.05) is 6.92 Å². The summed E-state index contributed by atoms with van der Waals surface area (Å²) in [5.41, 5.74) is 5.67. The fraction of sp³-hybridized carbons (Fsp3) is 0.917. The van der Waals surface area contributed by atoms with E-state index >= 15 is 0 Å². The topological polar surface area (TPSA) is 55.1 Å². The largest absolute Gasteiger partial charge is 0.354 e. The molecule has 3 heteroatoms. The van der Waals surface area contributed by atoms with Gasteiger partial charge in [0.2, 0.25) is 5.91 Å². The number of carbonyl (C=O) groups is 1. The molecule has 0 aliphatic heterocycles. The molecule has 0 aromatic carbocycles. The normalized spacial score (nSPS) is 35.5. The van der Waals surface area contributed by atoms with Crippen molar-refractivity contribution in [1.29, 1.82) is 0 Å². The lowest BCUT2D eigenvalue weighted by Gasteiger charge is -2.22. The Bertz CT molecular complexity index is 242. The number of carbonyl (C=O) groups excluding carboxylic acids is 1. The van der Waals surface area contributed by atoms with E-state index in [-0.39, 0.29) is 11.9 Å². The van der Waals surface area contributed by atoms with Gasteiger partial charge in [-0.25, -0.2) is 0 Å². The van der Waals surface area contributed by atoms with Crippen LogP contribution in [-0.4, -0.2) is 18.5 Å². The fourth-order valence-electron chi connectivity index (χ4n) is 3.17. The van der Waals surface area contributed by atoms with Crippen molar-refractivity contribution in [1.82, 2.24) is 5.32 Å². The molecular formula is C12H22N2O. The predicted molar refractivity (Wildman–Crippen MR) is 60.2 cm³/mol. The number of nitrogens with two attached hydrogens (primary N) is 1. The number of fused-ring (bicyclic) bond motifs is 2. The molecule has 86 valence electrons. The zero-order valence-corrected chi connectivity index (χ0v) is 9.54. The van der Waals surface area contributed by atoms with Gasteiger partial charge in [0.05, 0.1) is 6.04 Å². The monoisotopic (exact) mass is 210 g/mol. The van der Waals surface area contributed by atoms with Crippen LogP contribution in [0.15, 0.2) is 0 Å². The van der Waals surface area contributed by atoms with Crippen LogP contribution in [0.3, 0.4) is 0 Å². The predicted octanol–water partition coefficient (Wildman–Crippen LogP) is 1.28. The summed E-state index contributed by atoms with van der Waals surface area (Å²) in [6.07, 6.45) is 6.25. The van der Waals surface area contributed by atoms with E-state index in [4.69, 9.17) is 5.73 Å². The third-order valence-corrected chi connectivity index (χ3v) is 4.20. The molecule has 3 nitrogen and oxygen atoms in total. The maximum absolute atomic E-state index is 11.5. The zero-order chi connectivity index (χ0) is 10.8. The third kappa shape index (κ3) is 2.33. The van der Waals surface area contributed by atoms with Gasteiger partial charge < -0.3 is 11.1 Å². The first-order chi connectivity index (χ1) is 7.20. The minimum absolute atomic E-state index is 0.0280. The molecule has 3 N–H and O–H groups in total. The van der Waals surface area contributed by atoms with Crippen LogP contribution < -0.4 is 11.1 Å². The third-order valence-electron chi connectivity index (χ3n) is 4.20. The second-order valence-corrected chi connectivity index (χ2v) is 5.19. The summed E-state index contributed by atoms with van der Waals surface area (Å²) in [7, 11) is 0. The molecule has 2 aliphatic carbocycles. The van der Waals surface area contributed by atoms with Gasteiger partial charge in [-0.3, -0.25) is 4.79 Å². The Kier molecular flexibility index (Phi) is 3.29. The maximum Gasteiger partial charge on any atom is 0.236 e. The first kappa shape index (κ1) is 10.9. The van der Waals surface area contributed by atoms with E-state index in [9.17, 15) is 4.79 Å². The van der Waals surface area contributed by atoms with Crippen LogP contribution in [0.4, 0.5) is 0 Å². The minimum atomic E-state index is -0.316. The van der Waals surface area contributed by atoms with E-state index in [0.29, 0.717) is 0 Å². The standard InChI is InChI=1S/C12H22N2O/c1-2-11(13)12(15)14-7-10-6-8-3-4-9(10)5-8/h8-11H,2-7,13H2,1H3,(H,14,15)/t8?,9?,10?,11-/m1/s1. The molecule has 2 rings (SSSR count). The number of hydrogen-bond donors (Lipinski definition) is 2. The summed E-state index contributed by atoms with van der Waals surface area (Å²) in [6, 6.07) is -0.316. The Balaban J connectivity index is 1.72. The average molecular weight is 210 g/mol. The molecule has 2 bridgehead atoms. The summed E-state index contributed by atoms with van der Waals surface area (Å²) in [5, 5.41) is 3.00. The van der Waals surface area contributed by atoms with Crippen molar-refractivity contribution >= 4 is 5.91 Å². The van der Waals surface area contributed by atoms with Gasteiger partial charge in [0.15, 0.2) is 0 Å². The van der Waals surface area contributed by atoms with E-state index in [0.717, 1.165) is 30.7 Å². The van der Waals surface area contributed by atoms with Crippen molar-refractivity contribution in [2.24, 2.45) is 23.5 Å². The van der Waals surface area contributed by atoms with Crippen LogP contribution in [0.2, 0.25) is 0 Å². The first-order valence-electron chi connectivity index (χ1n) is 6.24. The van der Waals surface area contributed by atoms with Crippen molar-refractivity contribution in [2.45, 2.75) is 45.1 Å². The van der Waals surface area contributed by atoms with Gasteiger partial charge in [-0.05, 0) is 43.4 Å². The van der Waals surface area contributed by atoms with Crippen LogP contribution in [-0.2, 0) is 4.79 Å². The fourth-order valence-corrected chi connectivity index (χ4v) is 3.17. The lowest BCUT2D eigenvalue weighted by atomic mass is 9.89. The molecule has 0 aromatic rings. The van der Waals surface area contributed by atoms with Crippen LogP contribution >= 0.6 is 0 Å². The molecule has 2 fully saturated rings. The van der Waals surface area contributed by atoms with E-state index in [1.54, 1.807) is 0 Å². The Morgan fingerprint density at radius 2 is 2.27 bits per heavy atom. The summed E-state index contributed by atoms with van der Waals surface area (Å²) in [5.74, 6) is 2.60. The van der Waals surface area contributed by atoms with Gasteiger partial charge in [-0.15, -0.1) is 0 Å². The minimum Gasteiger partial charge on any atom is -0.354 e. The summed E-state index contributed by atoms with van der Waals surface area (Å²) >= 11 is 0. The van der Waals surface area contributed by atoms with Crippen LogP contribution in [0, 0.1) is 17.8 Å². The summed E-state index contributed by atoms with van der Waals surface area (Å²) in [6.45, 7) is 2.80. The van der Waals surface area contributed by atoms with Gasteiger partial charge in [0, 0.05) is 6.54 Å². The number of amides is 1. The zero-order valence-electron chi connectivity index (χ0n) is 9.54. The Labute approximate surface area is 91.8 Å². The molecule has 0 spiro atoms. The van der Waals surface area contributed by atoms with Gasteiger partial charge in [-0.1, -0.05) is 13.3 Å². The van der Waals surface area contributed by atoms with Gasteiger partial charge in [0.25, 0.3) is 0 Å². The molecule has 1 amide bonds. The highest BCUT2D eigenvalue weighted by Crippen LogP contribution is 2.47. The molecule has 0 saturated heterocycles. The van der Waals surface area contributed by atoms with Crippen molar-refractivity contribution in [2.75, 3.05) is 6.54 Å². The second-order valence-electron chi connectivity index (χ2n) is 5.19. The number of hydrogen-bond acceptors (Lipinski definition) is 2. The van der Waals surface area contributed by atoms with E-state index in [2.05, 4.69) is 5.32 Å². The molecule has 0 heterocycles. The highest BCUT2D eigenvalue weighted by atomic mass is 16.2. The molecule has 2 saturated carbocycles. The molecule has 0 aromatic heterocycles. The molecule has 2 aliphatic rings. The molecule has 0 radical (unpaired) electrons. The van der Waals surface area contributed by atoms with Crippen molar-refractivity contribution < 1.29 is 4.79 Å². The maximum atomic E-state index is 11.5. The molecular weight excluding hydrogens is 188 g/mol. The van der Waals surface area contributed by atoms with Gasteiger partial charge in [0.1, 0.15) is 0 Å². The Morgan fingerprint density at radius 1 is 1.47 bits per heavy atom. The molecule has 15 heavy (non-hydrogen) atoms. The SMILES string of the molecule is CC[C@@H](N)C(=O)NCC1CC2CCC1C2. The highest BCUT2D eigenvalue weighted by Gasteiger charge is 2.39. The number of rotatable bonds is 4. The summed E-state index contributed by atoms with van der Waals surface area (Å²) < 4.78 is 0. The Hall–Kier alpha value is -0.570. The van der Waals surface area contributed by atoms with E-state index in [1.165, 1.54) is 25.7 Å². The van der Waals surface area contributed by atoms with Gasteiger partial charge >= 0.3 is 0 Å². The van der Waals surface area contributed by atoms with Crippen molar-refractivity contribution in [3.8, 4) is 0 Å². The smallest absolute Gasteiger partial charge is 0.236 e. The number of nitrogens with one attached hydrogen (secondary N) is 1. The van der Waals surface area contributed by atoms with Crippen molar-refractivity contribution in [3.05, 3.63) is 0 Å². The van der Waals surface area contributed by atoms with Crippen LogP contribution in [0.25, 0.3) is 0 Å². The second kappa shape index (κ2) is 4.52. The lowest BCUT2D eigenvalue weighted by Crippen LogP contribution is -2.42. The van der Waals surface area contributed by atoms with E-state index < -0.39 is 0 Å². The van der Waals surface area contributed by atoms with Crippen LogP contribution in [0.5, 0.6) is 0 Å². The Morgan fingerprint density at radius 3 is 2.80 bits per heavy atom. The average Bonchev–Trinajstić information content (AvgIpc) is 2.86. The van der Waals surface area contributed by atoms with Crippen molar-refractivity contribution in [3.63, 3.8) is 0 Å². The quantitative estimate of drug-likeness (QED) is 0.734. The first-order valence-corrected chi connectivity index (χ1v) is 6.24. The lowest BCUT2D eigenvalue weighted by molar-refractivity contribution is -0.122. The molecule has 3 unspecified atom stereocenters. The molecule has 4 atom stereocenters. The summed E-state index contributed by atoms with van der Waals surface area (Å²) in [4.78, 5) is 11.5.